The molecule has 0 saturated heterocycles. The van der Waals surface area contributed by atoms with Crippen LogP contribution in [0.4, 0.5) is 0 Å². The Hall–Kier alpha value is -3.12. The first-order chi connectivity index (χ1) is 14.9. The summed E-state index contributed by atoms with van der Waals surface area (Å²) in [7, 11) is 0. The summed E-state index contributed by atoms with van der Waals surface area (Å²) in [6, 6.07) is 16.9. The van der Waals surface area contributed by atoms with Gasteiger partial charge < -0.3 is 4.57 Å². The lowest BCUT2D eigenvalue weighted by molar-refractivity contribution is 0.520. The molecule has 0 unspecified atom stereocenters. The van der Waals surface area contributed by atoms with Gasteiger partial charge in [0.15, 0.2) is 11.2 Å². The van der Waals surface area contributed by atoms with Gasteiger partial charge >= 0.3 is 5.69 Å². The summed E-state index contributed by atoms with van der Waals surface area (Å²) in [5.74, 6) is 0.487. The smallest absolute Gasteiger partial charge is 0.325 e. The number of rotatable bonds is 7. The number of benzene rings is 2. The lowest BCUT2D eigenvalue weighted by atomic mass is 10.1. The highest BCUT2D eigenvalue weighted by Gasteiger charge is 2.19. The van der Waals surface area contributed by atoms with Crippen LogP contribution < -0.4 is 11.2 Å². The molecule has 0 radical (unpaired) electrons. The normalized spacial score (nSPS) is 11.5. The summed E-state index contributed by atoms with van der Waals surface area (Å²) < 4.78 is 4.74. The third-order valence-corrected chi connectivity index (χ3v) is 5.58. The van der Waals surface area contributed by atoms with Crippen molar-refractivity contribution in [1.29, 1.82) is 0 Å². The molecule has 0 saturated carbocycles. The zero-order valence-electron chi connectivity index (χ0n) is 17.7. The predicted molar refractivity (Wildman–Crippen MR) is 124 cm³/mol. The van der Waals surface area contributed by atoms with Crippen molar-refractivity contribution >= 4 is 22.8 Å². The van der Waals surface area contributed by atoms with Gasteiger partial charge in [-0.3, -0.25) is 13.9 Å². The van der Waals surface area contributed by atoms with Crippen molar-refractivity contribution in [3.63, 3.8) is 0 Å². The summed E-state index contributed by atoms with van der Waals surface area (Å²) >= 11 is 6.12. The lowest BCUT2D eigenvalue weighted by Gasteiger charge is -2.13. The van der Waals surface area contributed by atoms with E-state index in [0.717, 1.165) is 17.5 Å². The van der Waals surface area contributed by atoms with Gasteiger partial charge in [0.25, 0.3) is 5.56 Å². The molecule has 0 amide bonds. The number of fused-ring (bicyclic) bond motifs is 1. The minimum absolute atomic E-state index is 0.151. The fourth-order valence-corrected chi connectivity index (χ4v) is 3.88. The SMILES string of the molecule is CC(C)CCn1cnc2c1c(=O)n(Cc1cccc(Cl)c1)c(=O)n2Cc1ccccc1. The third-order valence-electron chi connectivity index (χ3n) is 5.34. The van der Waals surface area contributed by atoms with E-state index in [9.17, 15) is 9.59 Å². The largest absolute Gasteiger partial charge is 0.333 e. The van der Waals surface area contributed by atoms with Crippen LogP contribution in [-0.2, 0) is 19.6 Å². The second-order valence-electron chi connectivity index (χ2n) is 8.17. The van der Waals surface area contributed by atoms with Gasteiger partial charge in [0.1, 0.15) is 0 Å². The number of halogens is 1. The molecule has 7 heteroatoms. The third kappa shape index (κ3) is 4.49. The van der Waals surface area contributed by atoms with Crippen LogP contribution in [0.5, 0.6) is 0 Å². The number of nitrogens with zero attached hydrogens (tertiary/aromatic N) is 4. The Morgan fingerprint density at radius 3 is 2.35 bits per heavy atom. The van der Waals surface area contributed by atoms with Gasteiger partial charge in [0.05, 0.1) is 19.4 Å². The van der Waals surface area contributed by atoms with Gasteiger partial charge in [-0.1, -0.05) is 67.9 Å². The second kappa shape index (κ2) is 8.94. The van der Waals surface area contributed by atoms with E-state index < -0.39 is 0 Å². The Balaban J connectivity index is 1.89. The van der Waals surface area contributed by atoms with Crippen molar-refractivity contribution in [3.05, 3.63) is 97.9 Å². The average molecular weight is 437 g/mol. The molecule has 31 heavy (non-hydrogen) atoms. The van der Waals surface area contributed by atoms with E-state index in [1.54, 1.807) is 23.0 Å². The predicted octanol–water partition coefficient (Wildman–Crippen LogP) is 4.16. The second-order valence-corrected chi connectivity index (χ2v) is 8.60. The summed E-state index contributed by atoms with van der Waals surface area (Å²) in [5, 5.41) is 0.568. The Morgan fingerprint density at radius 1 is 0.935 bits per heavy atom. The van der Waals surface area contributed by atoms with E-state index in [1.807, 2.05) is 47.0 Å². The van der Waals surface area contributed by atoms with E-state index in [1.165, 1.54) is 4.57 Å². The number of aryl methyl sites for hydroxylation is 1. The monoisotopic (exact) mass is 436 g/mol. The molecule has 6 nitrogen and oxygen atoms in total. The standard InChI is InChI=1S/C24H25ClN4O2/c1-17(2)11-12-27-16-26-22-21(27)23(30)29(15-19-9-6-10-20(25)13-19)24(31)28(22)14-18-7-4-3-5-8-18/h3-10,13,16-17H,11-12,14-15H2,1-2H3. The minimum Gasteiger partial charge on any atom is -0.325 e. The number of aromatic nitrogens is 4. The molecule has 0 bridgehead atoms. The van der Waals surface area contributed by atoms with Crippen LogP contribution in [0.2, 0.25) is 5.02 Å². The molecule has 2 aromatic heterocycles. The molecule has 0 atom stereocenters. The lowest BCUT2D eigenvalue weighted by Crippen LogP contribution is -2.41. The molecule has 0 aliphatic carbocycles. The molecule has 0 aliphatic rings. The summed E-state index contributed by atoms with van der Waals surface area (Å²) in [4.78, 5) is 31.3. The Bertz CT molecular complexity index is 1320. The van der Waals surface area contributed by atoms with E-state index in [0.29, 0.717) is 35.2 Å². The van der Waals surface area contributed by atoms with E-state index >= 15 is 0 Å². The highest BCUT2D eigenvalue weighted by atomic mass is 35.5. The van der Waals surface area contributed by atoms with Crippen molar-refractivity contribution < 1.29 is 0 Å². The van der Waals surface area contributed by atoms with Crippen LogP contribution in [0.1, 0.15) is 31.4 Å². The van der Waals surface area contributed by atoms with E-state index in [4.69, 9.17) is 11.6 Å². The van der Waals surface area contributed by atoms with E-state index in [2.05, 4.69) is 18.8 Å². The van der Waals surface area contributed by atoms with Gasteiger partial charge in [0.2, 0.25) is 0 Å². The van der Waals surface area contributed by atoms with Crippen LogP contribution in [-0.4, -0.2) is 18.7 Å². The first-order valence-corrected chi connectivity index (χ1v) is 10.8. The van der Waals surface area contributed by atoms with Gasteiger partial charge in [-0.2, -0.15) is 0 Å². The first-order valence-electron chi connectivity index (χ1n) is 10.4. The molecular formula is C24H25ClN4O2. The molecule has 2 aromatic carbocycles. The summed E-state index contributed by atoms with van der Waals surface area (Å²) in [6.07, 6.45) is 2.58. The van der Waals surface area contributed by atoms with Crippen LogP contribution in [0.25, 0.3) is 11.2 Å². The highest BCUT2D eigenvalue weighted by Crippen LogP contribution is 2.14. The van der Waals surface area contributed by atoms with Crippen molar-refractivity contribution in [2.75, 3.05) is 0 Å². The zero-order valence-corrected chi connectivity index (χ0v) is 18.4. The maximum absolute atomic E-state index is 13.4. The molecule has 4 rings (SSSR count). The zero-order chi connectivity index (χ0) is 22.0. The fourth-order valence-electron chi connectivity index (χ4n) is 3.67. The molecule has 0 N–H and O–H groups in total. The van der Waals surface area contributed by atoms with Crippen molar-refractivity contribution in [2.24, 2.45) is 5.92 Å². The number of hydrogen-bond donors (Lipinski definition) is 0. The molecule has 4 aromatic rings. The maximum Gasteiger partial charge on any atom is 0.333 e. The van der Waals surface area contributed by atoms with Crippen molar-refractivity contribution in [3.8, 4) is 0 Å². The highest BCUT2D eigenvalue weighted by molar-refractivity contribution is 6.30. The molecule has 0 spiro atoms. The molecule has 0 aliphatic heterocycles. The van der Waals surface area contributed by atoms with Gasteiger partial charge in [0, 0.05) is 11.6 Å². The molecule has 2 heterocycles. The van der Waals surface area contributed by atoms with Gasteiger partial charge in [-0.25, -0.2) is 9.78 Å². The van der Waals surface area contributed by atoms with Crippen molar-refractivity contribution in [1.82, 2.24) is 18.7 Å². The number of hydrogen-bond acceptors (Lipinski definition) is 3. The maximum atomic E-state index is 13.4. The Morgan fingerprint density at radius 2 is 1.65 bits per heavy atom. The fraction of sp³-hybridized carbons (Fsp3) is 0.292. The number of imidazole rings is 1. The quantitative estimate of drug-likeness (QED) is 0.437. The average Bonchev–Trinajstić information content (AvgIpc) is 3.17. The Labute approximate surface area is 185 Å². The first kappa shape index (κ1) is 21.1. The van der Waals surface area contributed by atoms with Crippen LogP contribution in [0.15, 0.2) is 70.5 Å². The van der Waals surface area contributed by atoms with Crippen LogP contribution in [0, 0.1) is 5.92 Å². The van der Waals surface area contributed by atoms with Gasteiger partial charge in [-0.05, 0) is 35.6 Å². The molecule has 0 fully saturated rings. The topological polar surface area (TPSA) is 61.8 Å². The van der Waals surface area contributed by atoms with Crippen LogP contribution >= 0.6 is 11.6 Å². The molecular weight excluding hydrogens is 412 g/mol. The van der Waals surface area contributed by atoms with Crippen molar-refractivity contribution in [2.45, 2.75) is 39.9 Å². The Kier molecular flexibility index (Phi) is 6.09. The van der Waals surface area contributed by atoms with Crippen LogP contribution in [0.3, 0.4) is 0 Å². The summed E-state index contributed by atoms with van der Waals surface area (Å²) in [5.41, 5.74) is 1.94. The van der Waals surface area contributed by atoms with E-state index in [-0.39, 0.29) is 17.8 Å². The summed E-state index contributed by atoms with van der Waals surface area (Å²) in [6.45, 7) is 5.44. The van der Waals surface area contributed by atoms with Gasteiger partial charge in [-0.15, -0.1) is 0 Å². The minimum atomic E-state index is -0.379. The molecule has 160 valence electrons.